The van der Waals surface area contributed by atoms with Gasteiger partial charge in [-0.15, -0.1) is 0 Å². The van der Waals surface area contributed by atoms with Crippen LogP contribution in [0.2, 0.25) is 6.82 Å². The van der Waals surface area contributed by atoms with Crippen LogP contribution in [0.5, 0.6) is 5.75 Å². The highest BCUT2D eigenvalue weighted by Gasteiger charge is 2.48. The average Bonchev–Trinajstić information content (AvgIpc) is 3.47. The molecule has 11 heteroatoms. The van der Waals surface area contributed by atoms with Gasteiger partial charge in [0.25, 0.3) is 5.91 Å². The van der Waals surface area contributed by atoms with E-state index >= 15 is 0 Å². The Kier molecular flexibility index (Phi) is 12.0. The fourth-order valence-electron chi connectivity index (χ4n) is 7.58. The molecule has 0 saturated carbocycles. The average molecular weight is 727 g/mol. The number of hydrogen-bond acceptors (Lipinski definition) is 4. The first kappa shape index (κ1) is 38.2. The number of carbonyl (C=O) groups is 2. The standard InChI is InChI=1S/C42H50BF3N4O3/c1-5-48-28-37-38(40(48)51)39(31-16-14-30(15-17-31)36-22-13-29(36)2)49(41(52)50(37)34-12-9-11-32(27-34)42(44,45)46)25-8-6-7-23-47(4)24-10-26-53-35-20-18-33(43-3)19-21-35/h9,11-12,14-21,27,39,43H,5-8,10,13,22-26,28H2,1-4H3/t39-/m1/s1. The molecule has 0 bridgehead atoms. The van der Waals surface area contributed by atoms with Crippen LogP contribution in [-0.4, -0.2) is 80.3 Å². The van der Waals surface area contributed by atoms with Crippen molar-refractivity contribution in [1.29, 1.82) is 0 Å². The Bertz CT molecular complexity index is 1840. The van der Waals surface area contributed by atoms with Crippen molar-refractivity contribution in [3.05, 3.63) is 106 Å². The molecule has 3 aliphatic rings. The smallest absolute Gasteiger partial charge is 0.416 e. The molecule has 3 aromatic carbocycles. The lowest BCUT2D eigenvalue weighted by atomic mass is 9.73. The van der Waals surface area contributed by atoms with Crippen LogP contribution in [0.25, 0.3) is 5.57 Å². The van der Waals surface area contributed by atoms with Crippen LogP contribution in [0, 0.1) is 0 Å². The Labute approximate surface area is 312 Å². The summed E-state index contributed by atoms with van der Waals surface area (Å²) in [5.74, 6) is 0.695. The van der Waals surface area contributed by atoms with Crippen LogP contribution >= 0.6 is 0 Å². The van der Waals surface area contributed by atoms with Crippen molar-refractivity contribution in [2.45, 2.75) is 71.4 Å². The van der Waals surface area contributed by atoms with Crippen molar-refractivity contribution >= 4 is 35.9 Å². The summed E-state index contributed by atoms with van der Waals surface area (Å²) in [6, 6.07) is 20.1. The van der Waals surface area contributed by atoms with Gasteiger partial charge in [0.15, 0.2) is 7.28 Å². The molecule has 280 valence electrons. The maximum Gasteiger partial charge on any atom is 0.416 e. The molecule has 0 unspecified atom stereocenters. The second-order valence-electron chi connectivity index (χ2n) is 14.4. The minimum absolute atomic E-state index is 0.109. The SMILES string of the molecule is CBc1ccc(OCCCN(C)CCCCCN2C(=O)N(c3cccc(C(F)(F)F)c3)C3=C(C(=O)N(CC)C3)[C@H]2c2ccc(C3=C(C)CC3)cc2)cc1. The normalized spacial score (nSPS) is 17.6. The molecule has 7 nitrogen and oxygen atoms in total. The quantitative estimate of drug-likeness (QED) is 0.111. The van der Waals surface area contributed by atoms with Gasteiger partial charge in [0.2, 0.25) is 0 Å². The summed E-state index contributed by atoms with van der Waals surface area (Å²) in [4.78, 5) is 35.7. The van der Waals surface area contributed by atoms with Gasteiger partial charge in [-0.2, -0.15) is 13.2 Å². The summed E-state index contributed by atoms with van der Waals surface area (Å²) in [7, 11) is 3.10. The molecule has 0 radical (unpaired) electrons. The van der Waals surface area contributed by atoms with Crippen molar-refractivity contribution in [1.82, 2.24) is 14.7 Å². The van der Waals surface area contributed by atoms with E-state index < -0.39 is 23.8 Å². The Balaban J connectivity index is 1.18. The highest BCUT2D eigenvalue weighted by molar-refractivity contribution is 6.51. The molecule has 2 aliphatic heterocycles. The molecule has 6 rings (SSSR count). The molecule has 0 N–H and O–H groups in total. The van der Waals surface area contributed by atoms with E-state index in [4.69, 9.17) is 4.74 Å². The topological polar surface area (TPSA) is 56.3 Å². The number of carbonyl (C=O) groups excluding carboxylic acids is 2. The first-order valence-electron chi connectivity index (χ1n) is 19.0. The van der Waals surface area contributed by atoms with E-state index in [9.17, 15) is 22.8 Å². The molecule has 0 aromatic heterocycles. The number of halogens is 3. The van der Waals surface area contributed by atoms with Gasteiger partial charge in [-0.25, -0.2) is 4.79 Å². The number of benzene rings is 3. The van der Waals surface area contributed by atoms with Gasteiger partial charge in [-0.1, -0.05) is 66.7 Å². The summed E-state index contributed by atoms with van der Waals surface area (Å²) in [6.07, 6.45) is 0.882. The summed E-state index contributed by atoms with van der Waals surface area (Å²) in [6.45, 7) is 9.50. The predicted octanol–water partition coefficient (Wildman–Crippen LogP) is 8.05. The number of hydrogen-bond donors (Lipinski definition) is 0. The number of allylic oxidation sites excluding steroid dienone is 2. The van der Waals surface area contributed by atoms with Gasteiger partial charge in [0.1, 0.15) is 5.75 Å². The van der Waals surface area contributed by atoms with Crippen LogP contribution in [0.3, 0.4) is 0 Å². The number of ether oxygens (including phenoxy) is 1. The molecule has 3 amide bonds. The second kappa shape index (κ2) is 16.7. The fourth-order valence-corrected chi connectivity index (χ4v) is 7.58. The molecule has 1 aliphatic carbocycles. The number of rotatable bonds is 16. The van der Waals surface area contributed by atoms with Gasteiger partial charge >= 0.3 is 12.2 Å². The number of alkyl halides is 3. The Hall–Kier alpha value is -4.51. The third-order valence-electron chi connectivity index (χ3n) is 10.8. The van der Waals surface area contributed by atoms with E-state index in [1.165, 1.54) is 33.6 Å². The molecular formula is C42H50BF3N4O3. The number of anilines is 1. The third-order valence-corrected chi connectivity index (χ3v) is 10.8. The van der Waals surface area contributed by atoms with E-state index in [0.717, 1.165) is 81.5 Å². The van der Waals surface area contributed by atoms with E-state index in [1.807, 2.05) is 31.2 Å². The molecule has 0 saturated heterocycles. The Morgan fingerprint density at radius 1 is 0.925 bits per heavy atom. The summed E-state index contributed by atoms with van der Waals surface area (Å²) >= 11 is 0. The van der Waals surface area contributed by atoms with Gasteiger partial charge < -0.3 is 19.4 Å². The summed E-state index contributed by atoms with van der Waals surface area (Å²) in [5.41, 5.74) is 6.13. The molecule has 0 fully saturated rings. The summed E-state index contributed by atoms with van der Waals surface area (Å²) in [5, 5.41) is 0. The van der Waals surface area contributed by atoms with E-state index in [2.05, 4.69) is 50.0 Å². The molecule has 3 aromatic rings. The lowest BCUT2D eigenvalue weighted by Crippen LogP contribution is -2.50. The van der Waals surface area contributed by atoms with Crippen LogP contribution < -0.4 is 15.1 Å². The minimum Gasteiger partial charge on any atom is -0.494 e. The monoisotopic (exact) mass is 726 g/mol. The van der Waals surface area contributed by atoms with Crippen molar-refractivity contribution in [2.24, 2.45) is 0 Å². The van der Waals surface area contributed by atoms with E-state index in [1.54, 1.807) is 9.80 Å². The maximum atomic E-state index is 14.6. The molecule has 2 heterocycles. The van der Waals surface area contributed by atoms with Crippen LogP contribution in [-0.2, 0) is 11.0 Å². The van der Waals surface area contributed by atoms with Crippen molar-refractivity contribution in [2.75, 3.05) is 51.3 Å². The predicted molar refractivity (Wildman–Crippen MR) is 207 cm³/mol. The Morgan fingerprint density at radius 3 is 2.30 bits per heavy atom. The molecule has 53 heavy (non-hydrogen) atoms. The largest absolute Gasteiger partial charge is 0.494 e. The van der Waals surface area contributed by atoms with Gasteiger partial charge in [-0.05, 0) is 107 Å². The molecule has 1 atom stereocenters. The van der Waals surface area contributed by atoms with E-state index in [-0.39, 0.29) is 18.1 Å². The van der Waals surface area contributed by atoms with Gasteiger partial charge in [0.05, 0.1) is 41.7 Å². The van der Waals surface area contributed by atoms with Crippen molar-refractivity contribution in [3.63, 3.8) is 0 Å². The summed E-state index contributed by atoms with van der Waals surface area (Å²) < 4.78 is 47.5. The first-order valence-corrected chi connectivity index (χ1v) is 19.0. The van der Waals surface area contributed by atoms with Crippen LogP contribution in [0.15, 0.2) is 89.6 Å². The van der Waals surface area contributed by atoms with E-state index in [0.29, 0.717) is 37.4 Å². The van der Waals surface area contributed by atoms with Crippen LogP contribution in [0.1, 0.15) is 75.1 Å². The fraction of sp³-hybridized carbons (Fsp3) is 0.429. The number of unbranched alkanes of at least 4 members (excludes halogenated alkanes) is 2. The van der Waals surface area contributed by atoms with Crippen LogP contribution in [0.4, 0.5) is 23.7 Å². The zero-order valence-electron chi connectivity index (χ0n) is 31.3. The lowest BCUT2D eigenvalue weighted by molar-refractivity contribution is -0.137. The Morgan fingerprint density at radius 2 is 1.66 bits per heavy atom. The first-order chi connectivity index (χ1) is 25.5. The number of nitrogens with zero attached hydrogens (tertiary/aromatic N) is 4. The number of urea groups is 1. The molecule has 0 spiro atoms. The minimum atomic E-state index is -4.58. The van der Waals surface area contributed by atoms with Gasteiger partial charge in [0, 0.05) is 19.6 Å². The second-order valence-corrected chi connectivity index (χ2v) is 14.4. The number of amides is 3. The number of likely N-dealkylation sites (N-methyl/N-ethyl adjacent to an activating group) is 1. The van der Waals surface area contributed by atoms with Crippen molar-refractivity contribution < 1.29 is 27.5 Å². The maximum absolute atomic E-state index is 14.6. The zero-order valence-corrected chi connectivity index (χ0v) is 31.3. The highest BCUT2D eigenvalue weighted by atomic mass is 19.4. The van der Waals surface area contributed by atoms with Gasteiger partial charge in [-0.3, -0.25) is 9.69 Å². The molecular weight excluding hydrogens is 676 g/mol. The third kappa shape index (κ3) is 8.51. The lowest BCUT2D eigenvalue weighted by Gasteiger charge is -2.42. The highest BCUT2D eigenvalue weighted by Crippen LogP contribution is 2.45. The van der Waals surface area contributed by atoms with Crippen molar-refractivity contribution in [3.8, 4) is 5.75 Å². The zero-order chi connectivity index (χ0) is 37.7.